The summed E-state index contributed by atoms with van der Waals surface area (Å²) in [4.78, 5) is 8.99. The fourth-order valence-electron chi connectivity index (χ4n) is 2.09. The van der Waals surface area contributed by atoms with Crippen LogP contribution in [0.5, 0.6) is 5.75 Å². The van der Waals surface area contributed by atoms with Crippen LogP contribution in [0, 0.1) is 0 Å². The molecule has 0 atom stereocenters. The molecule has 0 aliphatic heterocycles. The van der Waals surface area contributed by atoms with Crippen LogP contribution < -0.4 is 9.46 Å². The zero-order valence-corrected chi connectivity index (χ0v) is 14.1. The van der Waals surface area contributed by atoms with Gasteiger partial charge in [0.2, 0.25) is 10.0 Å². The van der Waals surface area contributed by atoms with Crippen molar-refractivity contribution in [1.82, 2.24) is 19.6 Å². The summed E-state index contributed by atoms with van der Waals surface area (Å²) in [5.41, 5.74) is 0.919. The van der Waals surface area contributed by atoms with Crippen LogP contribution in [0.3, 0.4) is 0 Å². The molecule has 0 unspecified atom stereocenters. The minimum atomic E-state index is -4.75. The second kappa shape index (κ2) is 7.42. The molecule has 0 bridgehead atoms. The molecule has 0 radical (unpaired) electrons. The van der Waals surface area contributed by atoms with Crippen molar-refractivity contribution in [2.75, 3.05) is 20.1 Å². The van der Waals surface area contributed by atoms with E-state index in [4.69, 9.17) is 0 Å². The smallest absolute Gasteiger partial charge is 0.406 e. The summed E-state index contributed by atoms with van der Waals surface area (Å²) in [6, 6.07) is 3.83. The maximum absolute atomic E-state index is 12.2. The second-order valence-electron chi connectivity index (χ2n) is 5.25. The number of nitrogens with one attached hydrogen (secondary N) is 2. The van der Waals surface area contributed by atoms with E-state index in [9.17, 15) is 21.6 Å². The molecule has 0 saturated heterocycles. The Morgan fingerprint density at radius 2 is 2.16 bits per heavy atom. The molecule has 2 rings (SSSR count). The van der Waals surface area contributed by atoms with Crippen molar-refractivity contribution in [3.05, 3.63) is 36.0 Å². The van der Waals surface area contributed by atoms with E-state index in [0.717, 1.165) is 5.41 Å². The standard InChI is InChI=1S/C14H17F3N4O3S/c1-3-25(22,23)18-6-7-21(2)9-13-19-11-5-4-10(8-12(11)20-13)24-14(15,16)17/h3-5,8,18H,1,6-7,9H2,2H3,(H,19,20). The minimum Gasteiger partial charge on any atom is -0.406 e. The van der Waals surface area contributed by atoms with Crippen molar-refractivity contribution in [2.24, 2.45) is 0 Å². The maximum Gasteiger partial charge on any atom is 0.573 e. The Balaban J connectivity index is 1.98. The predicted octanol–water partition coefficient (Wildman–Crippen LogP) is 1.96. The van der Waals surface area contributed by atoms with Crippen molar-refractivity contribution < 1.29 is 26.3 Å². The number of fused-ring (bicyclic) bond motifs is 1. The van der Waals surface area contributed by atoms with Gasteiger partial charge >= 0.3 is 6.36 Å². The maximum atomic E-state index is 12.2. The van der Waals surface area contributed by atoms with Crippen molar-refractivity contribution in [1.29, 1.82) is 0 Å². The lowest BCUT2D eigenvalue weighted by Crippen LogP contribution is -2.31. The van der Waals surface area contributed by atoms with Crippen LogP contribution >= 0.6 is 0 Å². The number of likely N-dealkylation sites (N-methyl/N-ethyl adjacent to an activating group) is 1. The summed E-state index contributed by atoms with van der Waals surface area (Å²) in [5.74, 6) is 0.204. The number of sulfonamides is 1. The van der Waals surface area contributed by atoms with E-state index in [2.05, 4.69) is 26.0 Å². The number of benzene rings is 1. The van der Waals surface area contributed by atoms with Gasteiger partial charge < -0.3 is 9.72 Å². The van der Waals surface area contributed by atoms with Gasteiger partial charge in [0, 0.05) is 24.6 Å². The van der Waals surface area contributed by atoms with E-state index in [0.29, 0.717) is 29.9 Å². The molecule has 25 heavy (non-hydrogen) atoms. The number of hydrogen-bond acceptors (Lipinski definition) is 5. The highest BCUT2D eigenvalue weighted by molar-refractivity contribution is 7.92. The Hall–Kier alpha value is -2.11. The van der Waals surface area contributed by atoms with Gasteiger partial charge in [-0.1, -0.05) is 6.58 Å². The number of rotatable bonds is 8. The highest BCUT2D eigenvalue weighted by Crippen LogP contribution is 2.25. The van der Waals surface area contributed by atoms with Crippen LogP contribution in [0.2, 0.25) is 0 Å². The quantitative estimate of drug-likeness (QED) is 0.733. The molecule has 0 saturated carbocycles. The van der Waals surface area contributed by atoms with Gasteiger partial charge in [0.25, 0.3) is 0 Å². The van der Waals surface area contributed by atoms with E-state index in [1.807, 2.05) is 0 Å². The summed E-state index contributed by atoms with van der Waals surface area (Å²) in [7, 11) is -1.71. The number of H-pyrrole nitrogens is 1. The lowest BCUT2D eigenvalue weighted by Gasteiger charge is -2.14. The zero-order valence-electron chi connectivity index (χ0n) is 13.3. The molecule has 2 N–H and O–H groups in total. The first-order chi connectivity index (χ1) is 11.6. The lowest BCUT2D eigenvalue weighted by atomic mass is 10.3. The van der Waals surface area contributed by atoms with Gasteiger partial charge in [0.1, 0.15) is 11.6 Å². The van der Waals surface area contributed by atoms with E-state index in [1.165, 1.54) is 18.2 Å². The first-order valence-electron chi connectivity index (χ1n) is 7.13. The highest BCUT2D eigenvalue weighted by Gasteiger charge is 2.31. The van der Waals surface area contributed by atoms with Crippen molar-refractivity contribution >= 4 is 21.1 Å². The molecule has 11 heteroatoms. The lowest BCUT2D eigenvalue weighted by molar-refractivity contribution is -0.274. The monoisotopic (exact) mass is 378 g/mol. The molecule has 0 spiro atoms. The Labute approximate surface area is 142 Å². The molecule has 2 aromatic rings. The summed E-state index contributed by atoms with van der Waals surface area (Å²) in [6.45, 7) is 4.15. The van der Waals surface area contributed by atoms with Crippen LogP contribution in [-0.4, -0.2) is 49.8 Å². The Morgan fingerprint density at radius 1 is 1.44 bits per heavy atom. The third-order valence-corrected chi connectivity index (χ3v) is 4.22. The number of nitrogens with zero attached hydrogens (tertiary/aromatic N) is 2. The molecule has 0 aliphatic carbocycles. The Morgan fingerprint density at radius 3 is 2.80 bits per heavy atom. The number of halogens is 3. The predicted molar refractivity (Wildman–Crippen MR) is 86.2 cm³/mol. The number of aromatic nitrogens is 2. The normalized spacial score (nSPS) is 12.7. The van der Waals surface area contributed by atoms with E-state index in [1.54, 1.807) is 11.9 Å². The first kappa shape index (κ1) is 19.2. The summed E-state index contributed by atoms with van der Waals surface area (Å²) >= 11 is 0. The number of aromatic amines is 1. The fraction of sp³-hybridized carbons (Fsp3) is 0.357. The van der Waals surface area contributed by atoms with E-state index >= 15 is 0 Å². The molecule has 0 amide bonds. The fourth-order valence-corrected chi connectivity index (χ4v) is 2.58. The van der Waals surface area contributed by atoms with Crippen LogP contribution in [-0.2, 0) is 16.6 Å². The average Bonchev–Trinajstić information content (AvgIpc) is 2.86. The SMILES string of the molecule is C=CS(=O)(=O)NCCN(C)Cc1nc2ccc(OC(F)(F)F)cc2[nH]1. The molecule has 0 aliphatic rings. The van der Waals surface area contributed by atoms with Gasteiger partial charge in [-0.15, -0.1) is 13.2 Å². The summed E-state index contributed by atoms with van der Waals surface area (Å²) < 4.78 is 65.4. The molecular weight excluding hydrogens is 361 g/mol. The minimum absolute atomic E-state index is 0.189. The molecule has 7 nitrogen and oxygen atoms in total. The van der Waals surface area contributed by atoms with Gasteiger partial charge in [-0.2, -0.15) is 0 Å². The third kappa shape index (κ3) is 6.03. The number of imidazole rings is 1. The Bertz CT molecular complexity index is 849. The molecule has 0 fully saturated rings. The van der Waals surface area contributed by atoms with Crippen LogP contribution in [0.4, 0.5) is 13.2 Å². The van der Waals surface area contributed by atoms with Crippen LogP contribution in [0.1, 0.15) is 5.82 Å². The van der Waals surface area contributed by atoms with Crippen molar-refractivity contribution in [3.8, 4) is 5.75 Å². The van der Waals surface area contributed by atoms with Gasteiger partial charge in [0.15, 0.2) is 0 Å². The van der Waals surface area contributed by atoms with Crippen molar-refractivity contribution in [2.45, 2.75) is 12.9 Å². The van der Waals surface area contributed by atoms with Gasteiger partial charge in [-0.05, 0) is 19.2 Å². The molecule has 1 aromatic heterocycles. The Kier molecular flexibility index (Phi) is 5.70. The van der Waals surface area contributed by atoms with Crippen LogP contribution in [0.15, 0.2) is 30.2 Å². The number of hydrogen-bond donors (Lipinski definition) is 2. The molecule has 1 heterocycles. The van der Waals surface area contributed by atoms with Gasteiger partial charge in [-0.3, -0.25) is 4.90 Å². The average molecular weight is 378 g/mol. The first-order valence-corrected chi connectivity index (χ1v) is 8.67. The van der Waals surface area contributed by atoms with Crippen molar-refractivity contribution in [3.63, 3.8) is 0 Å². The van der Waals surface area contributed by atoms with Gasteiger partial charge in [0.05, 0.1) is 17.6 Å². The zero-order chi connectivity index (χ0) is 18.7. The molecular formula is C14H17F3N4O3S. The summed E-state index contributed by atoms with van der Waals surface area (Å²) in [5, 5.41) is 0.826. The number of alkyl halides is 3. The largest absolute Gasteiger partial charge is 0.573 e. The van der Waals surface area contributed by atoms with E-state index < -0.39 is 16.4 Å². The third-order valence-electron chi connectivity index (χ3n) is 3.17. The highest BCUT2D eigenvalue weighted by atomic mass is 32.2. The van der Waals surface area contributed by atoms with Crippen LogP contribution in [0.25, 0.3) is 11.0 Å². The number of ether oxygens (including phenoxy) is 1. The molecule has 1 aromatic carbocycles. The molecule has 138 valence electrons. The second-order valence-corrected chi connectivity index (χ2v) is 6.97. The topological polar surface area (TPSA) is 87.3 Å². The van der Waals surface area contributed by atoms with Gasteiger partial charge in [-0.25, -0.2) is 18.1 Å². The summed E-state index contributed by atoms with van der Waals surface area (Å²) in [6.07, 6.45) is -4.75. The van der Waals surface area contributed by atoms with E-state index in [-0.39, 0.29) is 12.3 Å².